The highest BCUT2D eigenvalue weighted by molar-refractivity contribution is 9.10. The molecule has 1 aromatic rings. The fourth-order valence-corrected chi connectivity index (χ4v) is 1.31. The summed E-state index contributed by atoms with van der Waals surface area (Å²) in [4.78, 5) is 11.1. The normalized spacial score (nSPS) is 9.08. The smallest absolute Gasteiger partial charge is 0.168 e. The molecule has 0 unspecified atom stereocenters. The van der Waals surface area contributed by atoms with Crippen molar-refractivity contribution in [2.45, 2.75) is 6.92 Å². The summed E-state index contributed by atoms with van der Waals surface area (Å²) < 4.78 is 0.989. The van der Waals surface area contributed by atoms with E-state index in [1.165, 1.54) is 6.92 Å². The number of Topliss-reactive ketones (excluding diaryl/α,β-unsaturated/α-hetero) is 1. The van der Waals surface area contributed by atoms with Crippen molar-refractivity contribution in [2.75, 3.05) is 0 Å². The maximum absolute atomic E-state index is 11.1. The lowest BCUT2D eigenvalue weighted by atomic mass is 10.0. The Bertz CT molecular complexity index is 370. The molecule has 0 radical (unpaired) electrons. The molecule has 13 heavy (non-hydrogen) atoms. The number of carbonyl (C=O) groups is 1. The molecule has 0 saturated carbocycles. The van der Waals surface area contributed by atoms with Gasteiger partial charge in [0.1, 0.15) is 0 Å². The summed E-state index contributed by atoms with van der Waals surface area (Å²) in [6, 6.07) is 7.49. The van der Waals surface area contributed by atoms with Gasteiger partial charge in [0.05, 0.1) is 5.57 Å². The minimum atomic E-state index is -0.0164. The van der Waals surface area contributed by atoms with Crippen molar-refractivity contribution in [1.82, 2.24) is 0 Å². The summed E-state index contributed by atoms with van der Waals surface area (Å²) in [6.07, 6.45) is 0. The van der Waals surface area contributed by atoms with Gasteiger partial charge in [-0.15, -0.1) is 5.73 Å². The van der Waals surface area contributed by atoms with Crippen molar-refractivity contribution >= 4 is 27.3 Å². The predicted molar refractivity (Wildman–Crippen MR) is 57.4 cm³/mol. The molecule has 0 aliphatic heterocycles. The van der Waals surface area contributed by atoms with Crippen LogP contribution in [0.2, 0.25) is 0 Å². The molecule has 0 amide bonds. The minimum Gasteiger partial charge on any atom is -0.294 e. The van der Waals surface area contributed by atoms with E-state index in [1.54, 1.807) is 0 Å². The van der Waals surface area contributed by atoms with E-state index in [0.717, 1.165) is 10.0 Å². The lowest BCUT2D eigenvalue weighted by Gasteiger charge is -2.00. The van der Waals surface area contributed by atoms with Gasteiger partial charge in [-0.1, -0.05) is 34.6 Å². The zero-order valence-corrected chi connectivity index (χ0v) is 8.89. The second-order valence-electron chi connectivity index (χ2n) is 2.61. The molecule has 0 spiro atoms. The predicted octanol–water partition coefficient (Wildman–Crippen LogP) is 3.21. The van der Waals surface area contributed by atoms with Crippen LogP contribution in [-0.4, -0.2) is 5.78 Å². The molecule has 1 nitrogen and oxygen atoms in total. The van der Waals surface area contributed by atoms with Crippen LogP contribution in [0.15, 0.2) is 41.0 Å². The van der Waals surface area contributed by atoms with Crippen molar-refractivity contribution in [3.63, 3.8) is 0 Å². The molecule has 0 saturated heterocycles. The third-order valence-corrected chi connectivity index (χ3v) is 2.19. The molecule has 0 aromatic heterocycles. The highest BCUT2D eigenvalue weighted by Crippen LogP contribution is 2.17. The third kappa shape index (κ3) is 2.41. The molecule has 0 N–H and O–H groups in total. The van der Waals surface area contributed by atoms with Crippen LogP contribution < -0.4 is 0 Å². The molecule has 0 atom stereocenters. The van der Waals surface area contributed by atoms with Crippen molar-refractivity contribution < 1.29 is 4.79 Å². The lowest BCUT2D eigenvalue weighted by Crippen LogP contribution is -1.93. The van der Waals surface area contributed by atoms with Crippen molar-refractivity contribution in [3.05, 3.63) is 46.6 Å². The molecule has 1 rings (SSSR count). The molecule has 0 aliphatic carbocycles. The third-order valence-electron chi connectivity index (χ3n) is 1.66. The van der Waals surface area contributed by atoms with Gasteiger partial charge in [0.25, 0.3) is 0 Å². The van der Waals surface area contributed by atoms with Crippen LogP contribution in [0.4, 0.5) is 0 Å². The van der Waals surface area contributed by atoms with Crippen LogP contribution >= 0.6 is 15.9 Å². The summed E-state index contributed by atoms with van der Waals surface area (Å²) in [6.45, 7) is 5.00. The first-order chi connectivity index (χ1) is 6.15. The average molecular weight is 237 g/mol. The van der Waals surface area contributed by atoms with Gasteiger partial charge < -0.3 is 0 Å². The number of halogens is 1. The zero-order valence-electron chi connectivity index (χ0n) is 7.30. The summed E-state index contributed by atoms with van der Waals surface area (Å²) in [7, 11) is 0. The Labute approximate surface area is 85.9 Å². The largest absolute Gasteiger partial charge is 0.294 e. The van der Waals surface area contributed by atoms with Gasteiger partial charge in [-0.3, -0.25) is 4.79 Å². The van der Waals surface area contributed by atoms with Crippen LogP contribution in [0.5, 0.6) is 0 Å². The van der Waals surface area contributed by atoms with Crippen LogP contribution in [0, 0.1) is 0 Å². The maximum Gasteiger partial charge on any atom is 0.168 e. The Morgan fingerprint density at radius 2 is 1.92 bits per heavy atom. The number of ketones is 1. The van der Waals surface area contributed by atoms with E-state index in [2.05, 4.69) is 28.2 Å². The molecule has 66 valence electrons. The topological polar surface area (TPSA) is 17.1 Å². The second-order valence-corrected chi connectivity index (χ2v) is 3.53. The standard InChI is InChI=1S/C11H9BrO/c1-3-11(8(2)13)9-4-6-10(12)7-5-9/h4-7H,1H2,2H3. The average Bonchev–Trinajstić information content (AvgIpc) is 2.09. The van der Waals surface area contributed by atoms with Crippen LogP contribution in [0.25, 0.3) is 5.57 Å². The summed E-state index contributed by atoms with van der Waals surface area (Å²) in [5, 5.41) is 0. The highest BCUT2D eigenvalue weighted by atomic mass is 79.9. The molecule has 1 aromatic carbocycles. The first-order valence-corrected chi connectivity index (χ1v) is 4.61. The Balaban J connectivity index is 3.15. The molecule has 0 aliphatic rings. The van der Waals surface area contributed by atoms with Gasteiger partial charge in [0.2, 0.25) is 0 Å². The van der Waals surface area contributed by atoms with Gasteiger partial charge in [-0.25, -0.2) is 0 Å². The van der Waals surface area contributed by atoms with Crippen LogP contribution in [0.3, 0.4) is 0 Å². The SMILES string of the molecule is C=C=C(C(C)=O)c1ccc(Br)cc1. The number of carbonyl (C=O) groups excluding carboxylic acids is 1. The van der Waals surface area contributed by atoms with Crippen molar-refractivity contribution in [2.24, 2.45) is 0 Å². The molecular formula is C11H9BrO. The highest BCUT2D eigenvalue weighted by Gasteiger charge is 2.04. The molecule has 0 bridgehead atoms. The summed E-state index contributed by atoms with van der Waals surface area (Å²) in [5.74, 6) is -0.0164. The second kappa shape index (κ2) is 4.22. The molecule has 2 heteroatoms. The summed E-state index contributed by atoms with van der Waals surface area (Å²) >= 11 is 3.32. The van der Waals surface area contributed by atoms with E-state index < -0.39 is 0 Å². The molecular weight excluding hydrogens is 228 g/mol. The monoisotopic (exact) mass is 236 g/mol. The number of hydrogen-bond acceptors (Lipinski definition) is 1. The Kier molecular flexibility index (Phi) is 3.24. The van der Waals surface area contributed by atoms with E-state index in [1.807, 2.05) is 24.3 Å². The van der Waals surface area contributed by atoms with E-state index in [9.17, 15) is 4.79 Å². The first kappa shape index (κ1) is 9.97. The first-order valence-electron chi connectivity index (χ1n) is 3.82. The number of allylic oxidation sites excluding steroid dienone is 1. The summed E-state index contributed by atoms with van der Waals surface area (Å²) in [5.41, 5.74) is 4.03. The van der Waals surface area contributed by atoms with E-state index in [-0.39, 0.29) is 5.78 Å². The van der Waals surface area contributed by atoms with Gasteiger partial charge in [-0.2, -0.15) is 0 Å². The van der Waals surface area contributed by atoms with Gasteiger partial charge in [0, 0.05) is 4.47 Å². The number of benzene rings is 1. The Morgan fingerprint density at radius 1 is 1.38 bits per heavy atom. The van der Waals surface area contributed by atoms with Crippen LogP contribution in [-0.2, 0) is 4.79 Å². The van der Waals surface area contributed by atoms with E-state index in [4.69, 9.17) is 0 Å². The zero-order chi connectivity index (χ0) is 9.84. The number of rotatable bonds is 2. The number of hydrogen-bond donors (Lipinski definition) is 0. The quantitative estimate of drug-likeness (QED) is 0.570. The minimum absolute atomic E-state index is 0.0164. The Morgan fingerprint density at radius 3 is 2.31 bits per heavy atom. The molecule has 0 heterocycles. The lowest BCUT2D eigenvalue weighted by molar-refractivity contribution is -0.111. The fraction of sp³-hybridized carbons (Fsp3) is 0.0909. The van der Waals surface area contributed by atoms with Gasteiger partial charge in [-0.05, 0) is 24.6 Å². The van der Waals surface area contributed by atoms with Crippen LogP contribution in [0.1, 0.15) is 12.5 Å². The van der Waals surface area contributed by atoms with Crippen molar-refractivity contribution in [3.8, 4) is 0 Å². The van der Waals surface area contributed by atoms with Gasteiger partial charge in [0.15, 0.2) is 5.78 Å². The fourth-order valence-electron chi connectivity index (χ4n) is 1.05. The Hall–Kier alpha value is -1.11. The van der Waals surface area contributed by atoms with Crippen molar-refractivity contribution in [1.29, 1.82) is 0 Å². The van der Waals surface area contributed by atoms with Gasteiger partial charge >= 0.3 is 0 Å². The van der Waals surface area contributed by atoms with E-state index in [0.29, 0.717) is 5.57 Å². The van der Waals surface area contributed by atoms with E-state index >= 15 is 0 Å². The maximum atomic E-state index is 11.1. The molecule has 0 fully saturated rings.